The van der Waals surface area contributed by atoms with Gasteiger partial charge in [-0.25, -0.2) is 0 Å². The molecule has 2 aromatic rings. The second-order valence-corrected chi connectivity index (χ2v) is 5.13. The number of hydrogen-bond acceptors (Lipinski definition) is 7. The SMILES string of the molecule is Nc1nnc(SCC(=O)O)n1-c1ccc2c(c1)OCCO2. The van der Waals surface area contributed by atoms with Crippen molar-refractivity contribution in [3.63, 3.8) is 0 Å². The van der Waals surface area contributed by atoms with Gasteiger partial charge >= 0.3 is 5.97 Å². The molecule has 0 atom stereocenters. The summed E-state index contributed by atoms with van der Waals surface area (Å²) >= 11 is 1.05. The van der Waals surface area contributed by atoms with Crippen molar-refractivity contribution in [1.29, 1.82) is 0 Å². The van der Waals surface area contributed by atoms with Gasteiger partial charge in [0, 0.05) is 6.07 Å². The van der Waals surface area contributed by atoms with E-state index in [4.69, 9.17) is 20.3 Å². The summed E-state index contributed by atoms with van der Waals surface area (Å²) in [6, 6.07) is 5.33. The van der Waals surface area contributed by atoms with Gasteiger partial charge in [-0.2, -0.15) is 0 Å². The van der Waals surface area contributed by atoms with Gasteiger partial charge in [0.25, 0.3) is 0 Å². The number of aliphatic carboxylic acids is 1. The summed E-state index contributed by atoms with van der Waals surface area (Å²) in [5.74, 6) is 0.398. The Morgan fingerprint density at radius 1 is 1.33 bits per heavy atom. The molecule has 8 nitrogen and oxygen atoms in total. The molecular formula is C12H12N4O4S. The molecule has 0 aliphatic carbocycles. The first-order chi connectivity index (χ1) is 10.1. The summed E-state index contributed by atoms with van der Waals surface area (Å²) in [6.07, 6.45) is 0. The number of thioether (sulfide) groups is 1. The van der Waals surface area contributed by atoms with Crippen LogP contribution in [0.2, 0.25) is 0 Å². The van der Waals surface area contributed by atoms with Gasteiger partial charge in [0.05, 0.1) is 11.4 Å². The highest BCUT2D eigenvalue weighted by Gasteiger charge is 2.17. The van der Waals surface area contributed by atoms with Gasteiger partial charge in [0.1, 0.15) is 13.2 Å². The molecular weight excluding hydrogens is 296 g/mol. The van der Waals surface area contributed by atoms with Crippen molar-refractivity contribution < 1.29 is 19.4 Å². The Morgan fingerprint density at radius 2 is 2.10 bits per heavy atom. The third-order valence-corrected chi connectivity index (χ3v) is 3.68. The van der Waals surface area contributed by atoms with E-state index in [0.717, 1.165) is 11.8 Å². The molecule has 0 amide bonds. The Balaban J connectivity index is 1.96. The average Bonchev–Trinajstić information content (AvgIpc) is 2.85. The smallest absolute Gasteiger partial charge is 0.313 e. The normalized spacial score (nSPS) is 13.1. The molecule has 1 aromatic heterocycles. The second-order valence-electron chi connectivity index (χ2n) is 4.19. The van der Waals surface area contributed by atoms with Crippen LogP contribution in [0, 0.1) is 0 Å². The summed E-state index contributed by atoms with van der Waals surface area (Å²) in [5.41, 5.74) is 6.50. The monoisotopic (exact) mass is 308 g/mol. The number of anilines is 1. The van der Waals surface area contributed by atoms with Crippen LogP contribution in [0.5, 0.6) is 11.5 Å². The van der Waals surface area contributed by atoms with Gasteiger partial charge in [0.15, 0.2) is 16.7 Å². The lowest BCUT2D eigenvalue weighted by Gasteiger charge is -2.19. The number of ether oxygens (including phenoxy) is 2. The topological polar surface area (TPSA) is 112 Å². The third-order valence-electron chi connectivity index (χ3n) is 2.77. The molecule has 0 fully saturated rings. The Hall–Kier alpha value is -2.42. The number of nitrogens with zero attached hydrogens (tertiary/aromatic N) is 3. The summed E-state index contributed by atoms with van der Waals surface area (Å²) in [5, 5.41) is 16.8. The fraction of sp³-hybridized carbons (Fsp3) is 0.250. The van der Waals surface area contributed by atoms with Crippen LogP contribution in [0.4, 0.5) is 5.95 Å². The molecule has 3 rings (SSSR count). The van der Waals surface area contributed by atoms with Gasteiger partial charge in [0.2, 0.25) is 5.95 Å². The predicted octanol–water partition coefficient (Wildman–Crippen LogP) is 0.797. The number of fused-ring (bicyclic) bond motifs is 1. The summed E-state index contributed by atoms with van der Waals surface area (Å²) < 4.78 is 12.6. The maximum absolute atomic E-state index is 10.7. The maximum atomic E-state index is 10.7. The molecule has 0 spiro atoms. The Morgan fingerprint density at radius 3 is 2.86 bits per heavy atom. The molecule has 0 unspecified atom stereocenters. The highest BCUT2D eigenvalue weighted by atomic mass is 32.2. The van der Waals surface area contributed by atoms with Crippen LogP contribution in [0.1, 0.15) is 0 Å². The van der Waals surface area contributed by atoms with E-state index in [2.05, 4.69) is 10.2 Å². The molecule has 2 heterocycles. The van der Waals surface area contributed by atoms with Gasteiger partial charge in [-0.05, 0) is 12.1 Å². The van der Waals surface area contributed by atoms with E-state index >= 15 is 0 Å². The first-order valence-electron chi connectivity index (χ1n) is 6.10. The van der Waals surface area contributed by atoms with Crippen molar-refractivity contribution in [3.05, 3.63) is 18.2 Å². The minimum absolute atomic E-state index is 0.122. The largest absolute Gasteiger partial charge is 0.486 e. The van der Waals surface area contributed by atoms with Gasteiger partial charge in [-0.3, -0.25) is 9.36 Å². The van der Waals surface area contributed by atoms with Gasteiger partial charge in [-0.15, -0.1) is 10.2 Å². The fourth-order valence-corrected chi connectivity index (χ4v) is 2.59. The van der Waals surface area contributed by atoms with Crippen molar-refractivity contribution in [2.45, 2.75) is 5.16 Å². The van der Waals surface area contributed by atoms with Gasteiger partial charge in [-0.1, -0.05) is 11.8 Å². The molecule has 3 N–H and O–H groups in total. The van der Waals surface area contributed by atoms with E-state index in [1.165, 1.54) is 0 Å². The van der Waals surface area contributed by atoms with Crippen molar-refractivity contribution in [1.82, 2.24) is 14.8 Å². The van der Waals surface area contributed by atoms with Gasteiger partial charge < -0.3 is 20.3 Å². The van der Waals surface area contributed by atoms with Crippen molar-refractivity contribution in [2.75, 3.05) is 24.7 Å². The standard InChI is InChI=1S/C12H12N4O4S/c13-11-14-15-12(21-6-10(17)18)16(11)7-1-2-8-9(5-7)20-4-3-19-8/h1-2,5H,3-4,6H2,(H2,13,14)(H,17,18). The zero-order chi connectivity index (χ0) is 14.8. The molecule has 1 aliphatic heterocycles. The summed E-state index contributed by atoms with van der Waals surface area (Å²) in [6.45, 7) is 0.996. The number of hydrogen-bond donors (Lipinski definition) is 2. The number of benzene rings is 1. The minimum atomic E-state index is -0.935. The molecule has 1 aliphatic rings. The zero-order valence-corrected chi connectivity index (χ0v) is 11.7. The summed E-state index contributed by atoms with van der Waals surface area (Å²) in [4.78, 5) is 10.7. The lowest BCUT2D eigenvalue weighted by molar-refractivity contribution is -0.133. The van der Waals surface area contributed by atoms with Crippen LogP contribution in [-0.4, -0.2) is 44.8 Å². The quantitative estimate of drug-likeness (QED) is 0.797. The second kappa shape index (κ2) is 5.52. The highest BCUT2D eigenvalue weighted by molar-refractivity contribution is 7.99. The molecule has 110 valence electrons. The number of carbonyl (C=O) groups is 1. The van der Waals surface area contributed by atoms with Crippen LogP contribution in [0.3, 0.4) is 0 Å². The molecule has 0 radical (unpaired) electrons. The lowest BCUT2D eigenvalue weighted by atomic mass is 10.2. The number of carboxylic acids is 1. The fourth-order valence-electron chi connectivity index (χ4n) is 1.91. The molecule has 0 saturated carbocycles. The van der Waals surface area contributed by atoms with Crippen LogP contribution in [0.25, 0.3) is 5.69 Å². The van der Waals surface area contributed by atoms with Crippen LogP contribution in [-0.2, 0) is 4.79 Å². The number of aromatic nitrogens is 3. The third kappa shape index (κ3) is 2.72. The molecule has 9 heteroatoms. The predicted molar refractivity (Wildman–Crippen MR) is 75.1 cm³/mol. The maximum Gasteiger partial charge on any atom is 0.313 e. The highest BCUT2D eigenvalue weighted by Crippen LogP contribution is 2.33. The Bertz CT molecular complexity index is 688. The minimum Gasteiger partial charge on any atom is -0.486 e. The van der Waals surface area contributed by atoms with E-state index in [-0.39, 0.29) is 11.7 Å². The van der Waals surface area contributed by atoms with Crippen LogP contribution >= 0.6 is 11.8 Å². The number of nitrogens with two attached hydrogens (primary N) is 1. The lowest BCUT2D eigenvalue weighted by Crippen LogP contribution is -2.15. The Labute approximate surface area is 123 Å². The molecule has 21 heavy (non-hydrogen) atoms. The van der Waals surface area contributed by atoms with Crippen molar-refractivity contribution in [3.8, 4) is 17.2 Å². The zero-order valence-electron chi connectivity index (χ0n) is 10.9. The molecule has 1 aromatic carbocycles. The van der Waals surface area contributed by atoms with E-state index in [9.17, 15) is 4.79 Å². The first-order valence-corrected chi connectivity index (χ1v) is 7.09. The van der Waals surface area contributed by atoms with E-state index in [0.29, 0.717) is 35.6 Å². The van der Waals surface area contributed by atoms with Crippen LogP contribution < -0.4 is 15.2 Å². The number of rotatable bonds is 4. The van der Waals surface area contributed by atoms with E-state index in [1.807, 2.05) is 0 Å². The summed E-state index contributed by atoms with van der Waals surface area (Å²) in [7, 11) is 0. The molecule has 0 bridgehead atoms. The van der Waals surface area contributed by atoms with E-state index in [1.54, 1.807) is 22.8 Å². The van der Waals surface area contributed by atoms with E-state index < -0.39 is 5.97 Å². The number of nitrogen functional groups attached to an aromatic ring is 1. The van der Waals surface area contributed by atoms with Crippen LogP contribution in [0.15, 0.2) is 23.4 Å². The molecule has 0 saturated heterocycles. The average molecular weight is 308 g/mol. The first kappa shape index (κ1) is 13.6. The number of carboxylic acid groups (broad SMARTS) is 1. The van der Waals surface area contributed by atoms with Crippen molar-refractivity contribution >= 4 is 23.7 Å². The Kier molecular flexibility index (Phi) is 3.57. The van der Waals surface area contributed by atoms with Crippen molar-refractivity contribution in [2.24, 2.45) is 0 Å².